The largest absolute Gasteiger partial charge is 0.382 e. The maximum Gasteiger partial charge on any atom is 0.153 e. The van der Waals surface area contributed by atoms with E-state index in [2.05, 4.69) is 67.5 Å². The predicted molar refractivity (Wildman–Crippen MR) is 127 cm³/mol. The van der Waals surface area contributed by atoms with Gasteiger partial charge in [-0.1, -0.05) is 39.0 Å². The van der Waals surface area contributed by atoms with Crippen molar-refractivity contribution in [2.45, 2.75) is 52.7 Å². The van der Waals surface area contributed by atoms with Gasteiger partial charge in [0.1, 0.15) is 10.7 Å². The topological polar surface area (TPSA) is 61.8 Å². The molecule has 0 amide bonds. The Hall–Kier alpha value is -1.96. The smallest absolute Gasteiger partial charge is 0.153 e. The van der Waals surface area contributed by atoms with Crippen molar-refractivity contribution >= 4 is 27.9 Å². The fraction of sp³-hybridized carbons (Fsp3) is 0.565. The molecule has 164 valence electrons. The molecule has 30 heavy (non-hydrogen) atoms. The Morgan fingerprint density at radius 1 is 1.17 bits per heavy atom. The average Bonchev–Trinajstić information content (AvgIpc) is 3.17. The van der Waals surface area contributed by atoms with Gasteiger partial charge in [-0.2, -0.15) is 0 Å². The number of amidine groups is 1. The van der Waals surface area contributed by atoms with Crippen molar-refractivity contribution in [3.05, 3.63) is 40.5 Å². The molecular formula is C23H35N5OS. The van der Waals surface area contributed by atoms with Gasteiger partial charge in [0, 0.05) is 44.9 Å². The highest BCUT2D eigenvalue weighted by Crippen LogP contribution is 2.35. The Labute approximate surface area is 184 Å². The number of rotatable bonds is 3. The van der Waals surface area contributed by atoms with E-state index in [4.69, 9.17) is 14.7 Å². The number of nitrogens with one attached hydrogen (secondary N) is 2. The first kappa shape index (κ1) is 22.7. The SMILES string of the molecule is CC(C)c1nc2c(s1)Nc1ccccc1CN=C2N1CCNCC1.CCC(C)OC. The zero-order valence-corrected chi connectivity index (χ0v) is 19.7. The lowest BCUT2D eigenvalue weighted by Gasteiger charge is -2.31. The van der Waals surface area contributed by atoms with Crippen molar-refractivity contribution in [2.24, 2.45) is 4.99 Å². The molecule has 0 saturated carbocycles. The number of fused-ring (bicyclic) bond motifs is 2. The molecule has 6 nitrogen and oxygen atoms in total. The van der Waals surface area contributed by atoms with Crippen LogP contribution in [0.2, 0.25) is 0 Å². The first-order valence-corrected chi connectivity index (χ1v) is 11.7. The number of nitrogens with zero attached hydrogens (tertiary/aromatic N) is 3. The van der Waals surface area contributed by atoms with E-state index in [1.165, 1.54) is 5.56 Å². The molecule has 0 aliphatic carbocycles. The third kappa shape index (κ3) is 5.59. The third-order valence-electron chi connectivity index (χ3n) is 5.41. The molecule has 2 N–H and O–H groups in total. The lowest BCUT2D eigenvalue weighted by atomic mass is 10.1. The molecule has 1 aromatic heterocycles. The standard InChI is InChI=1S/C18H23N5S.C5H12O/c1-12(2)17-22-15-16(23-9-7-19-8-10-23)20-11-13-5-3-4-6-14(13)21-18(15)24-17;1-4-5(2)6-3/h3-6,12,19,21H,7-11H2,1-2H3;5H,4H2,1-3H3. The quantitative estimate of drug-likeness (QED) is 0.746. The number of piperazine rings is 1. The molecular weight excluding hydrogens is 394 g/mol. The Morgan fingerprint density at radius 2 is 1.90 bits per heavy atom. The number of thiazole rings is 1. The van der Waals surface area contributed by atoms with Gasteiger partial charge in [0.05, 0.1) is 17.7 Å². The van der Waals surface area contributed by atoms with Gasteiger partial charge in [-0.25, -0.2) is 4.98 Å². The number of anilines is 2. The Balaban J connectivity index is 0.000000377. The second-order valence-corrected chi connectivity index (χ2v) is 9.03. The highest BCUT2D eigenvalue weighted by Gasteiger charge is 2.25. The van der Waals surface area contributed by atoms with Crippen molar-refractivity contribution < 1.29 is 4.74 Å². The highest BCUT2D eigenvalue weighted by molar-refractivity contribution is 7.16. The number of aliphatic imine (C=N–C) groups is 1. The van der Waals surface area contributed by atoms with Gasteiger partial charge < -0.3 is 20.3 Å². The van der Waals surface area contributed by atoms with E-state index in [9.17, 15) is 0 Å². The summed E-state index contributed by atoms with van der Waals surface area (Å²) >= 11 is 1.75. The first-order chi connectivity index (χ1) is 14.5. The number of para-hydroxylation sites is 1. The fourth-order valence-electron chi connectivity index (χ4n) is 3.25. The van der Waals surface area contributed by atoms with Crippen LogP contribution in [0.1, 0.15) is 56.3 Å². The molecule has 1 aromatic carbocycles. The van der Waals surface area contributed by atoms with E-state index in [1.807, 2.05) is 0 Å². The first-order valence-electron chi connectivity index (χ1n) is 10.9. The molecule has 7 heteroatoms. The molecule has 1 saturated heterocycles. The van der Waals surface area contributed by atoms with Gasteiger partial charge in [-0.15, -0.1) is 11.3 Å². The van der Waals surface area contributed by atoms with Crippen molar-refractivity contribution in [3.8, 4) is 0 Å². The van der Waals surface area contributed by atoms with Crippen LogP contribution in [0.3, 0.4) is 0 Å². The molecule has 0 bridgehead atoms. The minimum atomic E-state index is 0.421. The Bertz CT molecular complexity index is 838. The zero-order chi connectivity index (χ0) is 21.5. The summed E-state index contributed by atoms with van der Waals surface area (Å²) in [6.07, 6.45) is 1.54. The summed E-state index contributed by atoms with van der Waals surface area (Å²) in [4.78, 5) is 12.3. The van der Waals surface area contributed by atoms with Crippen molar-refractivity contribution in [1.82, 2.24) is 15.2 Å². The van der Waals surface area contributed by atoms with Crippen LogP contribution in [0.5, 0.6) is 0 Å². The van der Waals surface area contributed by atoms with E-state index < -0.39 is 0 Å². The monoisotopic (exact) mass is 429 g/mol. The number of hydrogen-bond donors (Lipinski definition) is 2. The minimum Gasteiger partial charge on any atom is -0.382 e. The molecule has 3 heterocycles. The maximum absolute atomic E-state index is 4.98. The summed E-state index contributed by atoms with van der Waals surface area (Å²) in [6.45, 7) is 13.2. The summed E-state index contributed by atoms with van der Waals surface area (Å²) < 4.78 is 4.90. The molecule has 4 rings (SSSR count). The normalized spacial score (nSPS) is 16.9. The van der Waals surface area contributed by atoms with E-state index in [1.54, 1.807) is 18.4 Å². The minimum absolute atomic E-state index is 0.421. The number of benzene rings is 1. The Morgan fingerprint density at radius 3 is 2.53 bits per heavy atom. The molecule has 0 radical (unpaired) electrons. The van der Waals surface area contributed by atoms with E-state index in [0.29, 0.717) is 18.6 Å². The highest BCUT2D eigenvalue weighted by atomic mass is 32.1. The molecule has 2 aromatic rings. The second kappa shape index (κ2) is 10.9. The zero-order valence-electron chi connectivity index (χ0n) is 18.9. The van der Waals surface area contributed by atoms with E-state index in [-0.39, 0.29) is 0 Å². The molecule has 0 spiro atoms. The van der Waals surface area contributed by atoms with Gasteiger partial charge in [-0.3, -0.25) is 4.99 Å². The van der Waals surface area contributed by atoms with Gasteiger partial charge in [0.25, 0.3) is 0 Å². The van der Waals surface area contributed by atoms with Crippen LogP contribution in [-0.2, 0) is 11.3 Å². The summed E-state index contributed by atoms with van der Waals surface area (Å²) in [6, 6.07) is 8.42. The number of aromatic nitrogens is 1. The van der Waals surface area contributed by atoms with Gasteiger partial charge in [0.2, 0.25) is 0 Å². The summed E-state index contributed by atoms with van der Waals surface area (Å²) in [5.41, 5.74) is 3.39. The molecule has 2 aliphatic rings. The summed E-state index contributed by atoms with van der Waals surface area (Å²) in [5.74, 6) is 1.46. The summed E-state index contributed by atoms with van der Waals surface area (Å²) in [7, 11) is 1.73. The van der Waals surface area contributed by atoms with Crippen molar-refractivity contribution in [3.63, 3.8) is 0 Å². The van der Waals surface area contributed by atoms with Crippen LogP contribution in [0.15, 0.2) is 29.3 Å². The fourth-order valence-corrected chi connectivity index (χ4v) is 4.23. The van der Waals surface area contributed by atoms with Crippen LogP contribution in [0.25, 0.3) is 0 Å². The van der Waals surface area contributed by atoms with Gasteiger partial charge in [-0.05, 0) is 25.0 Å². The van der Waals surface area contributed by atoms with Crippen LogP contribution in [-0.4, -0.2) is 55.1 Å². The lowest BCUT2D eigenvalue weighted by molar-refractivity contribution is 0.115. The molecule has 1 unspecified atom stereocenters. The number of ether oxygens (including phenoxy) is 1. The van der Waals surface area contributed by atoms with Gasteiger partial charge >= 0.3 is 0 Å². The van der Waals surface area contributed by atoms with Crippen molar-refractivity contribution in [2.75, 3.05) is 38.6 Å². The van der Waals surface area contributed by atoms with Crippen LogP contribution < -0.4 is 10.6 Å². The second-order valence-electron chi connectivity index (χ2n) is 8.00. The maximum atomic E-state index is 4.98. The van der Waals surface area contributed by atoms with Gasteiger partial charge in [0.15, 0.2) is 5.84 Å². The van der Waals surface area contributed by atoms with Crippen LogP contribution >= 0.6 is 11.3 Å². The van der Waals surface area contributed by atoms with Crippen LogP contribution in [0, 0.1) is 0 Å². The van der Waals surface area contributed by atoms with E-state index in [0.717, 1.165) is 59.8 Å². The van der Waals surface area contributed by atoms with Crippen molar-refractivity contribution in [1.29, 1.82) is 0 Å². The average molecular weight is 430 g/mol. The summed E-state index contributed by atoms with van der Waals surface area (Å²) in [5, 5.41) is 9.31. The lowest BCUT2D eigenvalue weighted by Crippen LogP contribution is -2.47. The molecule has 1 fully saturated rings. The third-order valence-corrected chi connectivity index (χ3v) is 6.68. The van der Waals surface area contributed by atoms with E-state index >= 15 is 0 Å². The van der Waals surface area contributed by atoms with Crippen LogP contribution in [0.4, 0.5) is 10.7 Å². The molecule has 1 atom stereocenters. The molecule has 2 aliphatic heterocycles. The Kier molecular flexibility index (Phi) is 8.24. The number of methoxy groups -OCH3 is 1. The predicted octanol–water partition coefficient (Wildman–Crippen LogP) is 4.61. The number of hydrogen-bond acceptors (Lipinski definition) is 7.